The van der Waals surface area contributed by atoms with Crippen molar-refractivity contribution in [1.82, 2.24) is 9.88 Å². The normalized spacial score (nSPS) is 10.1. The molecular formula is C17H17BrN2O4. The number of esters is 1. The quantitative estimate of drug-likeness (QED) is 0.706. The molecule has 24 heavy (non-hydrogen) atoms. The summed E-state index contributed by atoms with van der Waals surface area (Å²) in [6, 6.07) is 9.02. The van der Waals surface area contributed by atoms with E-state index in [4.69, 9.17) is 9.47 Å². The van der Waals surface area contributed by atoms with Gasteiger partial charge in [-0.15, -0.1) is 0 Å². The molecule has 0 fully saturated rings. The highest BCUT2D eigenvalue weighted by Gasteiger charge is 2.15. The van der Waals surface area contributed by atoms with E-state index < -0.39 is 5.97 Å². The average molecular weight is 393 g/mol. The number of carbonyl (C=O) groups is 2. The van der Waals surface area contributed by atoms with Gasteiger partial charge in [0.25, 0.3) is 5.91 Å². The van der Waals surface area contributed by atoms with Gasteiger partial charge in [-0.1, -0.05) is 18.2 Å². The molecule has 2 aromatic rings. The van der Waals surface area contributed by atoms with Crippen molar-refractivity contribution >= 4 is 27.8 Å². The van der Waals surface area contributed by atoms with E-state index >= 15 is 0 Å². The molecule has 0 atom stereocenters. The maximum absolute atomic E-state index is 12.1. The van der Waals surface area contributed by atoms with Crippen molar-refractivity contribution in [2.45, 2.75) is 6.54 Å². The van der Waals surface area contributed by atoms with E-state index in [-0.39, 0.29) is 18.1 Å². The van der Waals surface area contributed by atoms with Crippen LogP contribution < -0.4 is 4.74 Å². The van der Waals surface area contributed by atoms with Crippen molar-refractivity contribution in [3.05, 3.63) is 58.3 Å². The minimum absolute atomic E-state index is 0.282. The van der Waals surface area contributed by atoms with E-state index in [2.05, 4.69) is 20.9 Å². The first kappa shape index (κ1) is 17.9. The monoisotopic (exact) mass is 392 g/mol. The predicted octanol–water partition coefficient (Wildman–Crippen LogP) is 2.67. The number of carbonyl (C=O) groups excluding carboxylic acids is 2. The number of hydrogen-bond acceptors (Lipinski definition) is 5. The molecule has 126 valence electrons. The molecule has 1 aromatic carbocycles. The summed E-state index contributed by atoms with van der Waals surface area (Å²) in [4.78, 5) is 29.4. The fourth-order valence-electron chi connectivity index (χ4n) is 2.02. The van der Waals surface area contributed by atoms with Gasteiger partial charge in [0.1, 0.15) is 5.75 Å². The molecule has 1 heterocycles. The molecule has 0 aliphatic rings. The Morgan fingerprint density at radius 1 is 1.25 bits per heavy atom. The van der Waals surface area contributed by atoms with Gasteiger partial charge < -0.3 is 14.4 Å². The van der Waals surface area contributed by atoms with Crippen LogP contribution >= 0.6 is 15.9 Å². The van der Waals surface area contributed by atoms with Gasteiger partial charge in [-0.2, -0.15) is 0 Å². The molecule has 0 bridgehead atoms. The number of benzene rings is 1. The van der Waals surface area contributed by atoms with Crippen LogP contribution in [0.2, 0.25) is 0 Å². The van der Waals surface area contributed by atoms with Crippen LogP contribution in [-0.2, 0) is 16.1 Å². The lowest BCUT2D eigenvalue weighted by Gasteiger charge is -2.18. The maximum Gasteiger partial charge on any atom is 0.340 e. The summed E-state index contributed by atoms with van der Waals surface area (Å²) in [6.45, 7) is 0.0236. The van der Waals surface area contributed by atoms with Crippen LogP contribution in [0, 0.1) is 0 Å². The number of amides is 1. The van der Waals surface area contributed by atoms with Crippen LogP contribution in [-0.4, -0.2) is 42.5 Å². The van der Waals surface area contributed by atoms with E-state index in [0.29, 0.717) is 16.8 Å². The summed E-state index contributed by atoms with van der Waals surface area (Å²) in [5, 5.41) is 0. The number of likely N-dealkylation sites (N-methyl/N-ethyl adjacent to an activating group) is 1. The first-order chi connectivity index (χ1) is 11.5. The second-order valence-electron chi connectivity index (χ2n) is 5.03. The number of halogens is 1. The van der Waals surface area contributed by atoms with E-state index in [1.54, 1.807) is 26.4 Å². The standard InChI is InChI=1S/C17H17BrN2O4/c1-20(10-12-5-3-4-6-15(12)23-2)16(21)11-24-17(22)13-7-14(18)9-19-8-13/h3-9H,10-11H2,1-2H3. The summed E-state index contributed by atoms with van der Waals surface area (Å²) in [7, 11) is 3.22. The number of ether oxygens (including phenoxy) is 2. The fraction of sp³-hybridized carbons (Fsp3) is 0.235. The Kier molecular flexibility index (Phi) is 6.31. The number of rotatable bonds is 6. The molecular weight excluding hydrogens is 376 g/mol. The lowest BCUT2D eigenvalue weighted by Crippen LogP contribution is -2.31. The smallest absolute Gasteiger partial charge is 0.340 e. The Morgan fingerprint density at radius 3 is 2.71 bits per heavy atom. The van der Waals surface area contributed by atoms with Gasteiger partial charge in [0.15, 0.2) is 6.61 Å². The largest absolute Gasteiger partial charge is 0.496 e. The van der Waals surface area contributed by atoms with E-state index in [9.17, 15) is 9.59 Å². The SMILES string of the molecule is COc1ccccc1CN(C)C(=O)COC(=O)c1cncc(Br)c1. The third kappa shape index (κ3) is 4.79. The maximum atomic E-state index is 12.1. The zero-order chi connectivity index (χ0) is 17.5. The van der Waals surface area contributed by atoms with Crippen LogP contribution in [0.5, 0.6) is 5.75 Å². The van der Waals surface area contributed by atoms with E-state index in [1.165, 1.54) is 11.1 Å². The molecule has 1 amide bonds. The van der Waals surface area contributed by atoms with Gasteiger partial charge in [0.05, 0.1) is 12.7 Å². The number of para-hydroxylation sites is 1. The van der Waals surface area contributed by atoms with E-state index in [0.717, 1.165) is 5.56 Å². The highest BCUT2D eigenvalue weighted by atomic mass is 79.9. The fourth-order valence-corrected chi connectivity index (χ4v) is 2.39. The first-order valence-corrected chi connectivity index (χ1v) is 7.94. The second-order valence-corrected chi connectivity index (χ2v) is 5.95. The molecule has 6 nitrogen and oxygen atoms in total. The van der Waals surface area contributed by atoms with Crippen LogP contribution in [0.4, 0.5) is 0 Å². The minimum Gasteiger partial charge on any atom is -0.496 e. The number of methoxy groups -OCH3 is 1. The molecule has 0 aliphatic carbocycles. The van der Waals surface area contributed by atoms with Crippen LogP contribution in [0.3, 0.4) is 0 Å². The molecule has 0 saturated carbocycles. The second kappa shape index (κ2) is 8.44. The Morgan fingerprint density at radius 2 is 2.00 bits per heavy atom. The number of aromatic nitrogens is 1. The van der Waals surface area contributed by atoms with Crippen molar-refractivity contribution in [3.63, 3.8) is 0 Å². The Bertz CT molecular complexity index is 736. The minimum atomic E-state index is -0.595. The zero-order valence-electron chi connectivity index (χ0n) is 13.4. The predicted molar refractivity (Wildman–Crippen MR) is 91.7 cm³/mol. The first-order valence-electron chi connectivity index (χ1n) is 7.15. The molecule has 0 N–H and O–H groups in total. The molecule has 2 rings (SSSR count). The topological polar surface area (TPSA) is 68.7 Å². The van der Waals surface area contributed by atoms with Gasteiger partial charge >= 0.3 is 5.97 Å². The molecule has 0 aliphatic heterocycles. The summed E-state index contributed by atoms with van der Waals surface area (Å²) < 4.78 is 11.0. The van der Waals surface area contributed by atoms with Gasteiger partial charge in [0, 0.05) is 36.0 Å². The van der Waals surface area contributed by atoms with Crippen molar-refractivity contribution in [1.29, 1.82) is 0 Å². The van der Waals surface area contributed by atoms with E-state index in [1.807, 2.05) is 24.3 Å². The molecule has 0 saturated heterocycles. The molecule has 7 heteroatoms. The molecule has 0 radical (unpaired) electrons. The van der Waals surface area contributed by atoms with Gasteiger partial charge in [-0.05, 0) is 28.1 Å². The van der Waals surface area contributed by atoms with Crippen molar-refractivity contribution in [2.24, 2.45) is 0 Å². The van der Waals surface area contributed by atoms with Gasteiger partial charge in [-0.25, -0.2) is 4.79 Å². The average Bonchev–Trinajstić information content (AvgIpc) is 2.59. The van der Waals surface area contributed by atoms with Crippen molar-refractivity contribution in [2.75, 3.05) is 20.8 Å². The third-order valence-electron chi connectivity index (χ3n) is 3.29. The number of hydrogen-bond donors (Lipinski definition) is 0. The summed E-state index contributed by atoms with van der Waals surface area (Å²) in [5.74, 6) is -0.200. The highest BCUT2D eigenvalue weighted by Crippen LogP contribution is 2.18. The zero-order valence-corrected chi connectivity index (χ0v) is 14.9. The molecule has 0 spiro atoms. The summed E-state index contributed by atoms with van der Waals surface area (Å²) in [6.07, 6.45) is 2.94. The van der Waals surface area contributed by atoms with Crippen LogP contribution in [0.15, 0.2) is 47.2 Å². The van der Waals surface area contributed by atoms with Crippen LogP contribution in [0.25, 0.3) is 0 Å². The summed E-state index contributed by atoms with van der Waals surface area (Å²) >= 11 is 3.23. The van der Waals surface area contributed by atoms with Crippen molar-refractivity contribution < 1.29 is 19.1 Å². The molecule has 1 aromatic heterocycles. The lowest BCUT2D eigenvalue weighted by atomic mass is 10.2. The number of nitrogens with zero attached hydrogens (tertiary/aromatic N) is 2. The van der Waals surface area contributed by atoms with Crippen molar-refractivity contribution in [3.8, 4) is 5.75 Å². The van der Waals surface area contributed by atoms with Gasteiger partial charge in [-0.3, -0.25) is 9.78 Å². The molecule has 0 unspecified atom stereocenters. The highest BCUT2D eigenvalue weighted by molar-refractivity contribution is 9.10. The Balaban J connectivity index is 1.91. The third-order valence-corrected chi connectivity index (χ3v) is 3.73. The number of pyridine rings is 1. The summed E-state index contributed by atoms with van der Waals surface area (Å²) in [5.41, 5.74) is 1.16. The lowest BCUT2D eigenvalue weighted by molar-refractivity contribution is -0.133. The Labute approximate surface area is 148 Å². The van der Waals surface area contributed by atoms with Crippen LogP contribution in [0.1, 0.15) is 15.9 Å². The van der Waals surface area contributed by atoms with Gasteiger partial charge in [0.2, 0.25) is 0 Å². The Hall–Kier alpha value is -2.41.